The van der Waals surface area contributed by atoms with Gasteiger partial charge in [-0.05, 0) is 55.0 Å². The third-order valence-corrected chi connectivity index (χ3v) is 5.97. The van der Waals surface area contributed by atoms with Crippen LogP contribution < -0.4 is 10.1 Å². The molecule has 1 N–H and O–H groups in total. The van der Waals surface area contributed by atoms with Crippen LogP contribution in [0.2, 0.25) is 0 Å². The number of carbonyl (C=O) groups is 2. The summed E-state index contributed by atoms with van der Waals surface area (Å²) >= 11 is 0. The molecule has 160 valence electrons. The Balaban J connectivity index is 1.81. The molecule has 0 radical (unpaired) electrons. The van der Waals surface area contributed by atoms with Crippen LogP contribution in [0.1, 0.15) is 38.7 Å². The average Bonchev–Trinajstić information content (AvgIpc) is 2.79. The van der Waals surface area contributed by atoms with E-state index < -0.39 is 5.41 Å². The van der Waals surface area contributed by atoms with Gasteiger partial charge in [0.05, 0.1) is 12.5 Å². The van der Waals surface area contributed by atoms with Crippen LogP contribution in [-0.2, 0) is 16.0 Å². The van der Waals surface area contributed by atoms with Crippen molar-refractivity contribution < 1.29 is 14.3 Å². The normalized spacial score (nSPS) is 18.7. The first-order valence-corrected chi connectivity index (χ1v) is 10.8. The third kappa shape index (κ3) is 4.84. The minimum absolute atomic E-state index is 0.0535. The SMILES string of the molecule is CCNC(=O)C1(Cc2ccc(-c3ccc(OC)cc3)cc2)CCCN(C(=O)CC)C1. The van der Waals surface area contributed by atoms with Crippen molar-refractivity contribution in [3.8, 4) is 16.9 Å². The van der Waals surface area contributed by atoms with Gasteiger partial charge in [-0.3, -0.25) is 9.59 Å². The number of piperidine rings is 1. The molecule has 2 aromatic carbocycles. The van der Waals surface area contributed by atoms with Gasteiger partial charge in [-0.1, -0.05) is 43.3 Å². The number of amides is 2. The van der Waals surface area contributed by atoms with E-state index in [1.165, 1.54) is 0 Å². The monoisotopic (exact) mass is 408 g/mol. The van der Waals surface area contributed by atoms with Gasteiger partial charge in [0, 0.05) is 26.1 Å². The maximum atomic E-state index is 13.1. The summed E-state index contributed by atoms with van der Waals surface area (Å²) in [6, 6.07) is 16.4. The number of nitrogens with one attached hydrogen (secondary N) is 1. The van der Waals surface area contributed by atoms with E-state index in [9.17, 15) is 9.59 Å². The van der Waals surface area contributed by atoms with Crippen molar-refractivity contribution in [2.45, 2.75) is 39.5 Å². The highest BCUT2D eigenvalue weighted by atomic mass is 16.5. The Morgan fingerprint density at radius 1 is 1.03 bits per heavy atom. The molecule has 1 fully saturated rings. The molecule has 0 bridgehead atoms. The van der Waals surface area contributed by atoms with E-state index in [1.807, 2.05) is 43.0 Å². The van der Waals surface area contributed by atoms with Crippen LogP contribution in [-0.4, -0.2) is 43.5 Å². The fraction of sp³-hybridized carbons (Fsp3) is 0.440. The topological polar surface area (TPSA) is 58.6 Å². The Morgan fingerprint density at radius 2 is 1.67 bits per heavy atom. The van der Waals surface area contributed by atoms with Crippen molar-refractivity contribution in [2.75, 3.05) is 26.7 Å². The van der Waals surface area contributed by atoms with Gasteiger partial charge in [-0.15, -0.1) is 0 Å². The third-order valence-electron chi connectivity index (χ3n) is 5.97. The van der Waals surface area contributed by atoms with Gasteiger partial charge in [0.15, 0.2) is 0 Å². The van der Waals surface area contributed by atoms with Crippen LogP contribution in [0.4, 0.5) is 0 Å². The highest BCUT2D eigenvalue weighted by Gasteiger charge is 2.43. The van der Waals surface area contributed by atoms with Crippen molar-refractivity contribution >= 4 is 11.8 Å². The second-order valence-electron chi connectivity index (χ2n) is 8.01. The van der Waals surface area contributed by atoms with Crippen LogP contribution in [0.25, 0.3) is 11.1 Å². The second kappa shape index (κ2) is 9.79. The van der Waals surface area contributed by atoms with Gasteiger partial charge in [0.1, 0.15) is 5.75 Å². The molecule has 5 heteroatoms. The number of carbonyl (C=O) groups excluding carboxylic acids is 2. The Hall–Kier alpha value is -2.82. The molecule has 1 aliphatic rings. The van der Waals surface area contributed by atoms with Crippen LogP contribution in [0.5, 0.6) is 5.75 Å². The summed E-state index contributed by atoms with van der Waals surface area (Å²) in [6.45, 7) is 5.64. The number of hydrogen-bond donors (Lipinski definition) is 1. The molecule has 2 aromatic rings. The summed E-state index contributed by atoms with van der Waals surface area (Å²) in [6.07, 6.45) is 2.76. The predicted octanol–water partition coefficient (Wildman–Crippen LogP) is 4.06. The van der Waals surface area contributed by atoms with Gasteiger partial charge in [0.25, 0.3) is 0 Å². The van der Waals surface area contributed by atoms with Crippen molar-refractivity contribution in [1.82, 2.24) is 10.2 Å². The van der Waals surface area contributed by atoms with Crippen LogP contribution in [0.15, 0.2) is 48.5 Å². The molecule has 0 saturated carbocycles. The summed E-state index contributed by atoms with van der Waals surface area (Å²) in [5.74, 6) is 1.01. The first-order chi connectivity index (χ1) is 14.5. The number of hydrogen-bond acceptors (Lipinski definition) is 3. The van der Waals surface area contributed by atoms with E-state index in [4.69, 9.17) is 4.74 Å². The van der Waals surface area contributed by atoms with E-state index in [0.29, 0.717) is 25.9 Å². The lowest BCUT2D eigenvalue weighted by Crippen LogP contribution is -2.54. The lowest BCUT2D eigenvalue weighted by molar-refractivity contribution is -0.141. The highest BCUT2D eigenvalue weighted by molar-refractivity contribution is 5.85. The van der Waals surface area contributed by atoms with E-state index in [2.05, 4.69) is 29.6 Å². The number of ether oxygens (including phenoxy) is 1. The largest absolute Gasteiger partial charge is 0.497 e. The average molecular weight is 409 g/mol. The highest BCUT2D eigenvalue weighted by Crippen LogP contribution is 2.35. The quantitative estimate of drug-likeness (QED) is 0.752. The minimum Gasteiger partial charge on any atom is -0.497 e. The van der Waals surface area contributed by atoms with Gasteiger partial charge >= 0.3 is 0 Å². The van der Waals surface area contributed by atoms with E-state index in [-0.39, 0.29) is 11.8 Å². The summed E-state index contributed by atoms with van der Waals surface area (Å²) in [7, 11) is 1.66. The zero-order chi connectivity index (χ0) is 21.6. The summed E-state index contributed by atoms with van der Waals surface area (Å²) < 4.78 is 5.23. The first kappa shape index (κ1) is 21.9. The fourth-order valence-electron chi connectivity index (χ4n) is 4.32. The van der Waals surface area contributed by atoms with E-state index in [1.54, 1.807) is 7.11 Å². The number of nitrogens with zero attached hydrogens (tertiary/aromatic N) is 1. The smallest absolute Gasteiger partial charge is 0.228 e. The van der Waals surface area contributed by atoms with Gasteiger partial charge in [-0.2, -0.15) is 0 Å². The summed E-state index contributed by atoms with van der Waals surface area (Å²) in [5, 5.41) is 3.01. The van der Waals surface area contributed by atoms with Crippen molar-refractivity contribution in [2.24, 2.45) is 5.41 Å². The fourth-order valence-corrected chi connectivity index (χ4v) is 4.32. The van der Waals surface area contributed by atoms with Gasteiger partial charge in [0.2, 0.25) is 11.8 Å². The van der Waals surface area contributed by atoms with Gasteiger partial charge < -0.3 is 15.0 Å². The number of likely N-dealkylation sites (tertiary alicyclic amines) is 1. The molecule has 1 aliphatic heterocycles. The van der Waals surface area contributed by atoms with Crippen molar-refractivity contribution in [1.29, 1.82) is 0 Å². The zero-order valence-corrected chi connectivity index (χ0v) is 18.2. The Bertz CT molecular complexity index is 861. The molecule has 1 atom stereocenters. The van der Waals surface area contributed by atoms with Crippen LogP contribution in [0.3, 0.4) is 0 Å². The minimum atomic E-state index is -0.569. The predicted molar refractivity (Wildman–Crippen MR) is 119 cm³/mol. The standard InChI is InChI=1S/C25H32N2O3/c1-4-23(28)27-16-6-15-25(18-27,24(29)26-5-2)17-19-7-9-20(10-8-19)21-11-13-22(30-3)14-12-21/h7-14H,4-6,15-18H2,1-3H3,(H,26,29). The zero-order valence-electron chi connectivity index (χ0n) is 18.2. The van der Waals surface area contributed by atoms with Gasteiger partial charge in [-0.25, -0.2) is 0 Å². The maximum Gasteiger partial charge on any atom is 0.228 e. The molecule has 1 unspecified atom stereocenters. The molecular formula is C25H32N2O3. The Kier molecular flexibility index (Phi) is 7.14. The number of methoxy groups -OCH3 is 1. The first-order valence-electron chi connectivity index (χ1n) is 10.8. The molecule has 30 heavy (non-hydrogen) atoms. The molecule has 3 rings (SSSR count). The molecule has 0 aliphatic carbocycles. The van der Waals surface area contributed by atoms with Crippen LogP contribution in [0, 0.1) is 5.41 Å². The van der Waals surface area contributed by atoms with E-state index in [0.717, 1.165) is 41.8 Å². The van der Waals surface area contributed by atoms with Crippen molar-refractivity contribution in [3.63, 3.8) is 0 Å². The maximum absolute atomic E-state index is 13.1. The number of benzene rings is 2. The molecule has 5 nitrogen and oxygen atoms in total. The molecule has 0 spiro atoms. The summed E-state index contributed by atoms with van der Waals surface area (Å²) in [5.41, 5.74) is 2.79. The Morgan fingerprint density at radius 3 is 2.23 bits per heavy atom. The lowest BCUT2D eigenvalue weighted by atomic mass is 9.74. The Labute approximate surface area is 179 Å². The lowest BCUT2D eigenvalue weighted by Gasteiger charge is -2.42. The molecule has 1 heterocycles. The summed E-state index contributed by atoms with van der Waals surface area (Å²) in [4.78, 5) is 27.3. The molecule has 1 saturated heterocycles. The molecule has 0 aromatic heterocycles. The molecule has 2 amide bonds. The van der Waals surface area contributed by atoms with E-state index >= 15 is 0 Å². The molecular weight excluding hydrogens is 376 g/mol. The van der Waals surface area contributed by atoms with Crippen LogP contribution >= 0.6 is 0 Å². The number of rotatable bonds is 7. The second-order valence-corrected chi connectivity index (χ2v) is 8.01. The van der Waals surface area contributed by atoms with Crippen molar-refractivity contribution in [3.05, 3.63) is 54.1 Å².